The van der Waals surface area contributed by atoms with Gasteiger partial charge < -0.3 is 10.2 Å². The third kappa shape index (κ3) is 3.49. The maximum atomic E-state index is 4.46. The standard InChI is InChI=1S/C17H28N4/c1-3-20(4-2)7-8-21-13-17(12-19-21)18-11-16-10-14-5-6-15(16)9-14/h5-6,12-16,18H,3-4,7-11H2,1-2H3. The van der Waals surface area contributed by atoms with E-state index in [-0.39, 0.29) is 0 Å². The Hall–Kier alpha value is -1.29. The van der Waals surface area contributed by atoms with Gasteiger partial charge in [0, 0.05) is 19.3 Å². The highest BCUT2D eigenvalue weighted by Crippen LogP contribution is 2.43. The Morgan fingerprint density at radius 1 is 1.29 bits per heavy atom. The highest BCUT2D eigenvalue weighted by atomic mass is 15.3. The van der Waals surface area contributed by atoms with Crippen LogP contribution in [0.1, 0.15) is 26.7 Å². The zero-order valence-electron chi connectivity index (χ0n) is 13.3. The first-order chi connectivity index (χ1) is 10.3. The summed E-state index contributed by atoms with van der Waals surface area (Å²) in [6.07, 6.45) is 11.7. The van der Waals surface area contributed by atoms with E-state index in [0.29, 0.717) is 0 Å². The predicted octanol–water partition coefficient (Wildman–Crippen LogP) is 2.85. The fraction of sp³-hybridized carbons (Fsp3) is 0.706. The van der Waals surface area contributed by atoms with Gasteiger partial charge in [0.2, 0.25) is 0 Å². The van der Waals surface area contributed by atoms with Crippen LogP contribution < -0.4 is 5.32 Å². The quantitative estimate of drug-likeness (QED) is 0.747. The molecule has 0 saturated heterocycles. The van der Waals surface area contributed by atoms with Crippen LogP contribution in [-0.4, -0.2) is 40.9 Å². The van der Waals surface area contributed by atoms with Gasteiger partial charge in [-0.3, -0.25) is 4.68 Å². The average Bonchev–Trinajstić information content (AvgIpc) is 3.22. The molecule has 1 aromatic heterocycles. The van der Waals surface area contributed by atoms with E-state index in [2.05, 4.69) is 52.2 Å². The van der Waals surface area contributed by atoms with Crippen molar-refractivity contribution in [2.45, 2.75) is 33.2 Å². The van der Waals surface area contributed by atoms with Crippen molar-refractivity contribution in [3.63, 3.8) is 0 Å². The second-order valence-electron chi connectivity index (χ2n) is 6.44. The second kappa shape index (κ2) is 6.65. The molecule has 4 nitrogen and oxygen atoms in total. The van der Waals surface area contributed by atoms with E-state index in [0.717, 1.165) is 50.5 Å². The molecule has 1 N–H and O–H groups in total. The van der Waals surface area contributed by atoms with Crippen molar-refractivity contribution in [1.29, 1.82) is 0 Å². The van der Waals surface area contributed by atoms with Gasteiger partial charge in [-0.15, -0.1) is 0 Å². The van der Waals surface area contributed by atoms with Crippen LogP contribution in [0.3, 0.4) is 0 Å². The smallest absolute Gasteiger partial charge is 0.0726 e. The van der Waals surface area contributed by atoms with Crippen molar-refractivity contribution in [3.8, 4) is 0 Å². The number of nitrogens with one attached hydrogen (secondary N) is 1. The lowest BCUT2D eigenvalue weighted by Gasteiger charge is -2.18. The van der Waals surface area contributed by atoms with Crippen LogP contribution in [0.15, 0.2) is 24.5 Å². The minimum absolute atomic E-state index is 0.819. The van der Waals surface area contributed by atoms with Crippen LogP contribution in [-0.2, 0) is 6.54 Å². The molecule has 1 fully saturated rings. The minimum atomic E-state index is 0.819. The molecule has 0 spiro atoms. The molecule has 3 unspecified atom stereocenters. The van der Waals surface area contributed by atoms with Gasteiger partial charge in [0.1, 0.15) is 0 Å². The number of rotatable bonds is 8. The van der Waals surface area contributed by atoms with Crippen LogP contribution in [0, 0.1) is 17.8 Å². The number of anilines is 1. The topological polar surface area (TPSA) is 33.1 Å². The van der Waals surface area contributed by atoms with E-state index < -0.39 is 0 Å². The van der Waals surface area contributed by atoms with E-state index in [1.807, 2.05) is 6.20 Å². The van der Waals surface area contributed by atoms with Crippen LogP contribution in [0.4, 0.5) is 5.69 Å². The molecule has 3 rings (SSSR count). The maximum absolute atomic E-state index is 4.46. The molecule has 2 aliphatic rings. The van der Waals surface area contributed by atoms with E-state index in [9.17, 15) is 0 Å². The van der Waals surface area contributed by atoms with Gasteiger partial charge in [0.05, 0.1) is 18.4 Å². The largest absolute Gasteiger partial charge is 0.382 e. The summed E-state index contributed by atoms with van der Waals surface area (Å²) < 4.78 is 2.06. The molecule has 116 valence electrons. The van der Waals surface area contributed by atoms with Crippen molar-refractivity contribution in [3.05, 3.63) is 24.5 Å². The fourth-order valence-corrected chi connectivity index (χ4v) is 3.74. The van der Waals surface area contributed by atoms with Gasteiger partial charge in [-0.05, 0) is 43.7 Å². The molecule has 21 heavy (non-hydrogen) atoms. The Labute approximate surface area is 128 Å². The van der Waals surface area contributed by atoms with E-state index in [1.54, 1.807) is 0 Å². The summed E-state index contributed by atoms with van der Waals surface area (Å²) in [5.74, 6) is 2.50. The monoisotopic (exact) mass is 288 g/mol. The number of nitrogens with zero attached hydrogens (tertiary/aromatic N) is 3. The van der Waals surface area contributed by atoms with Crippen molar-refractivity contribution in [1.82, 2.24) is 14.7 Å². The van der Waals surface area contributed by atoms with Crippen molar-refractivity contribution in [2.75, 3.05) is 31.5 Å². The number of hydrogen-bond donors (Lipinski definition) is 1. The molecule has 0 aromatic carbocycles. The van der Waals surface area contributed by atoms with Crippen LogP contribution in [0.2, 0.25) is 0 Å². The maximum Gasteiger partial charge on any atom is 0.0726 e. The van der Waals surface area contributed by atoms with Gasteiger partial charge in [0.25, 0.3) is 0 Å². The fourth-order valence-electron chi connectivity index (χ4n) is 3.74. The van der Waals surface area contributed by atoms with Crippen LogP contribution in [0.5, 0.6) is 0 Å². The molecule has 0 radical (unpaired) electrons. The molecule has 1 heterocycles. The Bertz CT molecular complexity index is 475. The normalized spacial score (nSPS) is 26.9. The molecule has 2 aliphatic carbocycles. The Balaban J connectivity index is 1.43. The Kier molecular flexibility index (Phi) is 4.63. The first kappa shape index (κ1) is 14.6. The summed E-state index contributed by atoms with van der Waals surface area (Å²) >= 11 is 0. The summed E-state index contributed by atoms with van der Waals surface area (Å²) in [4.78, 5) is 2.43. The van der Waals surface area contributed by atoms with Gasteiger partial charge in [-0.1, -0.05) is 26.0 Å². The number of likely N-dealkylation sites (N-methyl/N-ethyl adjacent to an activating group) is 1. The predicted molar refractivity (Wildman–Crippen MR) is 87.3 cm³/mol. The lowest BCUT2D eigenvalue weighted by molar-refractivity contribution is 0.285. The van der Waals surface area contributed by atoms with Gasteiger partial charge in [-0.2, -0.15) is 5.10 Å². The SMILES string of the molecule is CCN(CC)CCn1cc(NCC2CC3C=CC2C3)cn1. The molecule has 1 saturated carbocycles. The van der Waals surface area contributed by atoms with E-state index >= 15 is 0 Å². The van der Waals surface area contributed by atoms with Crippen molar-refractivity contribution >= 4 is 5.69 Å². The summed E-state index contributed by atoms with van der Waals surface area (Å²) in [6, 6.07) is 0. The minimum Gasteiger partial charge on any atom is -0.382 e. The zero-order chi connectivity index (χ0) is 14.7. The van der Waals surface area contributed by atoms with Crippen molar-refractivity contribution in [2.24, 2.45) is 17.8 Å². The lowest BCUT2D eigenvalue weighted by atomic mass is 9.94. The number of allylic oxidation sites excluding steroid dienone is 2. The van der Waals surface area contributed by atoms with Crippen LogP contribution in [0.25, 0.3) is 0 Å². The van der Waals surface area contributed by atoms with Crippen molar-refractivity contribution < 1.29 is 0 Å². The summed E-state index contributed by atoms with van der Waals surface area (Å²) in [6.45, 7) is 9.78. The molecular formula is C17H28N4. The lowest BCUT2D eigenvalue weighted by Crippen LogP contribution is -2.27. The number of hydrogen-bond acceptors (Lipinski definition) is 3. The van der Waals surface area contributed by atoms with Gasteiger partial charge >= 0.3 is 0 Å². The zero-order valence-corrected chi connectivity index (χ0v) is 13.3. The number of aromatic nitrogens is 2. The molecular weight excluding hydrogens is 260 g/mol. The van der Waals surface area contributed by atoms with Gasteiger partial charge in [-0.25, -0.2) is 0 Å². The van der Waals surface area contributed by atoms with E-state index in [4.69, 9.17) is 0 Å². The summed E-state index contributed by atoms with van der Waals surface area (Å²) in [5.41, 5.74) is 1.17. The van der Waals surface area contributed by atoms with Gasteiger partial charge in [0.15, 0.2) is 0 Å². The molecule has 1 aromatic rings. The highest BCUT2D eigenvalue weighted by molar-refractivity contribution is 5.38. The summed E-state index contributed by atoms with van der Waals surface area (Å²) in [7, 11) is 0. The Morgan fingerprint density at radius 2 is 2.14 bits per heavy atom. The highest BCUT2D eigenvalue weighted by Gasteiger charge is 2.35. The summed E-state index contributed by atoms with van der Waals surface area (Å²) in [5, 5.41) is 8.04. The third-order valence-electron chi connectivity index (χ3n) is 5.16. The third-order valence-corrected chi connectivity index (χ3v) is 5.16. The first-order valence-electron chi connectivity index (χ1n) is 8.45. The first-order valence-corrected chi connectivity index (χ1v) is 8.45. The second-order valence-corrected chi connectivity index (χ2v) is 6.44. The average molecular weight is 288 g/mol. The number of fused-ring (bicyclic) bond motifs is 2. The molecule has 4 heteroatoms. The molecule has 0 aliphatic heterocycles. The molecule has 0 amide bonds. The molecule has 2 bridgehead atoms. The van der Waals surface area contributed by atoms with E-state index in [1.165, 1.54) is 18.5 Å². The van der Waals surface area contributed by atoms with Crippen LogP contribution >= 0.6 is 0 Å². The molecule has 3 atom stereocenters. The Morgan fingerprint density at radius 3 is 2.81 bits per heavy atom.